The first-order valence-electron chi connectivity index (χ1n) is 5.98. The van der Waals surface area contributed by atoms with Gasteiger partial charge in [0, 0.05) is 12.5 Å². The highest BCUT2D eigenvalue weighted by Gasteiger charge is 2.28. The van der Waals surface area contributed by atoms with Gasteiger partial charge in [-0.1, -0.05) is 0 Å². The number of rotatable bonds is 3. The summed E-state index contributed by atoms with van der Waals surface area (Å²) in [5, 5.41) is 14.1. The second-order valence-corrected chi connectivity index (χ2v) is 5.34. The van der Waals surface area contributed by atoms with Gasteiger partial charge in [-0.05, 0) is 33.6 Å². The number of hydrogen-bond acceptors (Lipinski definition) is 4. The summed E-state index contributed by atoms with van der Waals surface area (Å²) in [6.45, 7) is 5.88. The summed E-state index contributed by atoms with van der Waals surface area (Å²) < 4.78 is 5.06. The van der Waals surface area contributed by atoms with Crippen LogP contribution in [0.1, 0.15) is 33.6 Å². The summed E-state index contributed by atoms with van der Waals surface area (Å²) in [6.07, 6.45) is 0.390. The number of amides is 2. The Morgan fingerprint density at radius 2 is 2.33 bits per heavy atom. The molecule has 1 unspecified atom stereocenters. The third-order valence-corrected chi connectivity index (χ3v) is 2.53. The topological polar surface area (TPSA) is 91.2 Å². The number of ether oxygens (including phenoxy) is 1. The Hall–Kier alpha value is -1.77. The molecular formula is C12H19N3O3. The normalized spacial score (nSPS) is 20.8. The Morgan fingerprint density at radius 1 is 1.67 bits per heavy atom. The van der Waals surface area contributed by atoms with Crippen molar-refractivity contribution in [2.45, 2.75) is 45.3 Å². The molecule has 1 heterocycles. The summed E-state index contributed by atoms with van der Waals surface area (Å²) in [5.41, 5.74) is -0.602. The molecule has 0 aromatic carbocycles. The van der Waals surface area contributed by atoms with E-state index >= 15 is 0 Å². The number of hydrogen-bond donors (Lipinski definition) is 2. The van der Waals surface area contributed by atoms with E-state index in [4.69, 9.17) is 10.00 Å². The van der Waals surface area contributed by atoms with Crippen molar-refractivity contribution in [3.63, 3.8) is 0 Å². The molecule has 1 aliphatic heterocycles. The molecule has 0 saturated carbocycles. The van der Waals surface area contributed by atoms with Crippen LogP contribution in [0.2, 0.25) is 0 Å². The monoisotopic (exact) mass is 253 g/mol. The van der Waals surface area contributed by atoms with E-state index in [0.29, 0.717) is 19.4 Å². The minimum atomic E-state index is -0.700. The molecule has 1 saturated heterocycles. The Kier molecular flexibility index (Phi) is 4.54. The summed E-state index contributed by atoms with van der Waals surface area (Å²) in [4.78, 5) is 22.9. The van der Waals surface area contributed by atoms with Crippen LogP contribution < -0.4 is 10.6 Å². The number of nitriles is 1. The molecule has 2 amide bonds. The summed E-state index contributed by atoms with van der Waals surface area (Å²) in [5.74, 6) is -0.258. The fourth-order valence-corrected chi connectivity index (χ4v) is 1.75. The van der Waals surface area contributed by atoms with E-state index in [1.165, 1.54) is 0 Å². The molecule has 0 bridgehead atoms. The van der Waals surface area contributed by atoms with Crippen molar-refractivity contribution in [2.24, 2.45) is 5.92 Å². The van der Waals surface area contributed by atoms with Crippen LogP contribution in [0.3, 0.4) is 0 Å². The molecule has 2 N–H and O–H groups in total. The minimum Gasteiger partial charge on any atom is -0.444 e. The maximum Gasteiger partial charge on any atom is 0.408 e. The summed E-state index contributed by atoms with van der Waals surface area (Å²) in [6, 6.07) is 1.27. The van der Waals surface area contributed by atoms with Gasteiger partial charge < -0.3 is 15.4 Å². The maximum atomic E-state index is 11.5. The van der Waals surface area contributed by atoms with Crippen molar-refractivity contribution in [2.75, 3.05) is 6.54 Å². The lowest BCUT2D eigenvalue weighted by atomic mass is 9.99. The number of nitrogens with zero attached hydrogens (tertiary/aromatic N) is 1. The van der Waals surface area contributed by atoms with Crippen molar-refractivity contribution in [3.8, 4) is 6.07 Å². The molecule has 0 aliphatic carbocycles. The lowest BCUT2D eigenvalue weighted by molar-refractivity contribution is -0.122. The zero-order valence-electron chi connectivity index (χ0n) is 10.9. The molecule has 6 nitrogen and oxygen atoms in total. The van der Waals surface area contributed by atoms with E-state index < -0.39 is 17.7 Å². The van der Waals surface area contributed by atoms with Crippen LogP contribution in [0.25, 0.3) is 0 Å². The smallest absolute Gasteiger partial charge is 0.408 e. The molecule has 0 spiro atoms. The highest BCUT2D eigenvalue weighted by Crippen LogP contribution is 2.16. The van der Waals surface area contributed by atoms with Gasteiger partial charge in [0.2, 0.25) is 5.91 Å². The van der Waals surface area contributed by atoms with Crippen molar-refractivity contribution in [3.05, 3.63) is 0 Å². The van der Waals surface area contributed by atoms with Crippen molar-refractivity contribution >= 4 is 12.0 Å². The van der Waals surface area contributed by atoms with Gasteiger partial charge in [0.15, 0.2) is 0 Å². The van der Waals surface area contributed by atoms with E-state index in [2.05, 4.69) is 10.6 Å². The zero-order chi connectivity index (χ0) is 13.8. The van der Waals surface area contributed by atoms with Gasteiger partial charge in [-0.15, -0.1) is 0 Å². The fourth-order valence-electron chi connectivity index (χ4n) is 1.75. The van der Waals surface area contributed by atoms with Crippen LogP contribution in [0.5, 0.6) is 0 Å². The Balaban J connectivity index is 2.45. The van der Waals surface area contributed by atoms with Gasteiger partial charge in [-0.3, -0.25) is 4.79 Å². The number of carbonyl (C=O) groups excluding carboxylic acids is 2. The Labute approximate surface area is 107 Å². The minimum absolute atomic E-state index is 0.0544. The predicted octanol–water partition coefficient (Wildman–Crippen LogP) is 0.929. The lowest BCUT2D eigenvalue weighted by Gasteiger charge is -2.21. The fraction of sp³-hybridized carbons (Fsp3) is 0.750. The van der Waals surface area contributed by atoms with Crippen LogP contribution in [-0.4, -0.2) is 30.2 Å². The standard InChI is InChI=1S/C12H19N3O3/c1-12(2,3)18-11(17)15-9(7-13)6-8-4-5-14-10(8)16/h8-9H,4-6H2,1-3H3,(H,14,16)(H,15,17)/t8?,9-/m0/s1. The highest BCUT2D eigenvalue weighted by atomic mass is 16.6. The zero-order valence-corrected chi connectivity index (χ0v) is 10.9. The summed E-state index contributed by atoms with van der Waals surface area (Å²) >= 11 is 0. The Bertz CT molecular complexity index is 368. The first kappa shape index (κ1) is 14.3. The second-order valence-electron chi connectivity index (χ2n) is 5.34. The quantitative estimate of drug-likeness (QED) is 0.782. The highest BCUT2D eigenvalue weighted by molar-refractivity contribution is 5.80. The molecule has 6 heteroatoms. The van der Waals surface area contributed by atoms with Crippen molar-refractivity contribution in [1.29, 1.82) is 5.26 Å². The van der Waals surface area contributed by atoms with Crippen LogP contribution in [0, 0.1) is 17.2 Å². The van der Waals surface area contributed by atoms with E-state index in [1.807, 2.05) is 6.07 Å². The number of alkyl carbamates (subject to hydrolysis) is 1. The van der Waals surface area contributed by atoms with Gasteiger partial charge in [0.05, 0.1) is 6.07 Å². The second kappa shape index (κ2) is 5.71. The Morgan fingerprint density at radius 3 is 2.78 bits per heavy atom. The van der Waals surface area contributed by atoms with Gasteiger partial charge in [-0.25, -0.2) is 4.79 Å². The van der Waals surface area contributed by atoms with Gasteiger partial charge in [0.25, 0.3) is 0 Å². The molecule has 18 heavy (non-hydrogen) atoms. The van der Waals surface area contributed by atoms with Crippen LogP contribution in [-0.2, 0) is 9.53 Å². The van der Waals surface area contributed by atoms with Crippen molar-refractivity contribution < 1.29 is 14.3 Å². The molecule has 0 radical (unpaired) electrons. The van der Waals surface area contributed by atoms with E-state index in [-0.39, 0.29) is 11.8 Å². The maximum absolute atomic E-state index is 11.5. The lowest BCUT2D eigenvalue weighted by Crippen LogP contribution is -2.40. The van der Waals surface area contributed by atoms with E-state index in [9.17, 15) is 9.59 Å². The third kappa shape index (κ3) is 4.62. The van der Waals surface area contributed by atoms with Crippen molar-refractivity contribution in [1.82, 2.24) is 10.6 Å². The summed E-state index contributed by atoms with van der Waals surface area (Å²) in [7, 11) is 0. The predicted molar refractivity (Wildman–Crippen MR) is 64.5 cm³/mol. The van der Waals surface area contributed by atoms with Crippen LogP contribution in [0.15, 0.2) is 0 Å². The molecule has 1 aliphatic rings. The molecule has 0 aromatic rings. The third-order valence-electron chi connectivity index (χ3n) is 2.53. The van der Waals surface area contributed by atoms with Crippen LogP contribution in [0.4, 0.5) is 4.79 Å². The largest absolute Gasteiger partial charge is 0.444 e. The first-order chi connectivity index (χ1) is 8.31. The molecular weight excluding hydrogens is 234 g/mol. The molecule has 100 valence electrons. The molecule has 0 aromatic heterocycles. The number of nitrogens with one attached hydrogen (secondary N) is 2. The molecule has 1 rings (SSSR count). The average Bonchev–Trinajstić information content (AvgIpc) is 2.60. The average molecular weight is 253 g/mol. The SMILES string of the molecule is CC(C)(C)OC(=O)N[C@H](C#N)CC1CCNC1=O. The van der Waals surface area contributed by atoms with Gasteiger partial charge in [-0.2, -0.15) is 5.26 Å². The first-order valence-corrected chi connectivity index (χ1v) is 5.98. The van der Waals surface area contributed by atoms with E-state index in [0.717, 1.165) is 0 Å². The van der Waals surface area contributed by atoms with Gasteiger partial charge >= 0.3 is 6.09 Å². The van der Waals surface area contributed by atoms with Crippen LogP contribution >= 0.6 is 0 Å². The molecule has 1 fully saturated rings. The number of carbonyl (C=O) groups is 2. The van der Waals surface area contributed by atoms with Gasteiger partial charge in [0.1, 0.15) is 11.6 Å². The molecule has 2 atom stereocenters. The van der Waals surface area contributed by atoms with E-state index in [1.54, 1.807) is 20.8 Å².